The van der Waals surface area contributed by atoms with E-state index in [0.29, 0.717) is 21.1 Å². The van der Waals surface area contributed by atoms with Gasteiger partial charge in [-0.05, 0) is 43.2 Å². The molecule has 10 heteroatoms. The van der Waals surface area contributed by atoms with Gasteiger partial charge in [0.15, 0.2) is 5.16 Å². The maximum absolute atomic E-state index is 13.6. The summed E-state index contributed by atoms with van der Waals surface area (Å²) < 4.78 is 6.51. The zero-order valence-corrected chi connectivity index (χ0v) is 22.7. The van der Waals surface area contributed by atoms with Gasteiger partial charge in [0, 0.05) is 28.4 Å². The van der Waals surface area contributed by atoms with Crippen LogP contribution in [0.5, 0.6) is 0 Å². The van der Waals surface area contributed by atoms with Crippen LogP contribution >= 0.6 is 23.1 Å². The standard InChI is InChI=1S/C28H26N4O4S2/c1-16-17(2)38-25-24(16)26(34)32(19-9-5-4-6-10-19)28(31-25)37-15-23(33)30-22(27(35)36-3)13-18-14-29-21-12-8-7-11-20(18)21/h4-12,14,22,29H,13,15H2,1-3H3,(H,30,33). The Hall–Kier alpha value is -3.89. The summed E-state index contributed by atoms with van der Waals surface area (Å²) in [5.74, 6) is -0.924. The first-order valence-corrected chi connectivity index (χ1v) is 13.8. The van der Waals surface area contributed by atoms with Crippen LogP contribution in [0.3, 0.4) is 0 Å². The van der Waals surface area contributed by atoms with Crippen LogP contribution in [0.2, 0.25) is 0 Å². The van der Waals surface area contributed by atoms with E-state index in [9.17, 15) is 14.4 Å². The molecule has 5 rings (SSSR count). The zero-order valence-electron chi connectivity index (χ0n) is 21.1. The number of aromatic amines is 1. The maximum Gasteiger partial charge on any atom is 0.328 e. The monoisotopic (exact) mass is 546 g/mol. The molecule has 0 saturated carbocycles. The van der Waals surface area contributed by atoms with Crippen LogP contribution < -0.4 is 10.9 Å². The molecule has 194 valence electrons. The van der Waals surface area contributed by atoms with Gasteiger partial charge >= 0.3 is 5.97 Å². The molecule has 8 nitrogen and oxygen atoms in total. The highest BCUT2D eigenvalue weighted by molar-refractivity contribution is 7.99. The summed E-state index contributed by atoms with van der Waals surface area (Å²) in [7, 11) is 1.30. The summed E-state index contributed by atoms with van der Waals surface area (Å²) in [6.45, 7) is 3.89. The van der Waals surface area contributed by atoms with Crippen molar-refractivity contribution in [3.05, 3.63) is 87.2 Å². The van der Waals surface area contributed by atoms with E-state index >= 15 is 0 Å². The highest BCUT2D eigenvalue weighted by atomic mass is 32.2. The summed E-state index contributed by atoms with van der Waals surface area (Å²) in [6.07, 6.45) is 2.12. The van der Waals surface area contributed by atoms with Crippen molar-refractivity contribution in [2.75, 3.05) is 12.9 Å². The average Bonchev–Trinajstić information content (AvgIpc) is 3.46. The number of hydrogen-bond donors (Lipinski definition) is 2. The number of ether oxygens (including phenoxy) is 1. The Kier molecular flexibility index (Phi) is 7.35. The minimum atomic E-state index is -0.860. The molecule has 2 aromatic carbocycles. The number of nitrogens with zero attached hydrogens (tertiary/aromatic N) is 2. The first-order valence-electron chi connectivity index (χ1n) is 12.0. The lowest BCUT2D eigenvalue weighted by Gasteiger charge is -2.17. The van der Waals surface area contributed by atoms with E-state index in [2.05, 4.69) is 10.3 Å². The van der Waals surface area contributed by atoms with E-state index in [-0.39, 0.29) is 23.6 Å². The number of thiophene rings is 1. The number of esters is 1. The second-order valence-electron chi connectivity index (χ2n) is 8.83. The zero-order chi connectivity index (χ0) is 26.8. The molecule has 2 N–H and O–H groups in total. The second kappa shape index (κ2) is 10.8. The summed E-state index contributed by atoms with van der Waals surface area (Å²) in [5, 5.41) is 4.79. The SMILES string of the molecule is COC(=O)C(Cc1c[nH]c2ccccc12)NC(=O)CSc1nc2sc(C)c(C)c2c(=O)n1-c1ccccc1. The first kappa shape index (κ1) is 25.7. The van der Waals surface area contributed by atoms with Crippen molar-refractivity contribution in [1.82, 2.24) is 19.9 Å². The number of amides is 1. The number of para-hydroxylation sites is 2. The van der Waals surface area contributed by atoms with Crippen molar-refractivity contribution < 1.29 is 14.3 Å². The van der Waals surface area contributed by atoms with E-state index in [4.69, 9.17) is 9.72 Å². The van der Waals surface area contributed by atoms with E-state index in [0.717, 1.165) is 38.7 Å². The van der Waals surface area contributed by atoms with Gasteiger partial charge in [-0.2, -0.15) is 0 Å². The summed E-state index contributed by atoms with van der Waals surface area (Å²) in [6, 6.07) is 16.2. The van der Waals surface area contributed by atoms with Crippen molar-refractivity contribution >= 4 is 56.1 Å². The molecular formula is C28H26N4O4S2. The average molecular weight is 547 g/mol. The Morgan fingerprint density at radius 3 is 2.63 bits per heavy atom. The van der Waals surface area contributed by atoms with Crippen LogP contribution in [0.4, 0.5) is 0 Å². The molecular weight excluding hydrogens is 520 g/mol. The molecule has 1 unspecified atom stereocenters. The van der Waals surface area contributed by atoms with Gasteiger partial charge in [0.05, 0.1) is 23.9 Å². The number of methoxy groups -OCH3 is 1. The molecule has 0 bridgehead atoms. The molecule has 0 saturated heterocycles. The molecule has 3 heterocycles. The molecule has 1 amide bonds. The van der Waals surface area contributed by atoms with Gasteiger partial charge in [-0.25, -0.2) is 9.78 Å². The number of rotatable bonds is 8. The Balaban J connectivity index is 1.40. The number of aromatic nitrogens is 3. The summed E-state index contributed by atoms with van der Waals surface area (Å²) in [5.41, 5.74) is 3.27. The van der Waals surface area contributed by atoms with Crippen LogP contribution in [0, 0.1) is 13.8 Å². The van der Waals surface area contributed by atoms with Crippen LogP contribution in [0.25, 0.3) is 26.8 Å². The fraction of sp³-hybridized carbons (Fsp3) is 0.214. The van der Waals surface area contributed by atoms with Crippen molar-refractivity contribution in [1.29, 1.82) is 0 Å². The van der Waals surface area contributed by atoms with Crippen LogP contribution in [0.1, 0.15) is 16.0 Å². The van der Waals surface area contributed by atoms with Crippen LogP contribution in [0.15, 0.2) is 70.7 Å². The van der Waals surface area contributed by atoms with Crippen molar-refractivity contribution in [2.24, 2.45) is 0 Å². The van der Waals surface area contributed by atoms with Gasteiger partial charge in [-0.1, -0.05) is 48.2 Å². The van der Waals surface area contributed by atoms with Gasteiger partial charge in [-0.15, -0.1) is 11.3 Å². The van der Waals surface area contributed by atoms with E-state index in [1.807, 2.05) is 74.6 Å². The largest absolute Gasteiger partial charge is 0.467 e. The van der Waals surface area contributed by atoms with Gasteiger partial charge in [0.25, 0.3) is 5.56 Å². The van der Waals surface area contributed by atoms with E-state index in [1.54, 1.807) is 4.57 Å². The van der Waals surface area contributed by atoms with Crippen LogP contribution in [-0.4, -0.2) is 45.3 Å². The maximum atomic E-state index is 13.6. The van der Waals surface area contributed by atoms with Gasteiger partial charge in [0.1, 0.15) is 10.9 Å². The quantitative estimate of drug-likeness (QED) is 0.168. The Bertz CT molecular complexity index is 1700. The Morgan fingerprint density at radius 1 is 1.13 bits per heavy atom. The van der Waals surface area contributed by atoms with Gasteiger partial charge in [0.2, 0.25) is 5.91 Å². The fourth-order valence-corrected chi connectivity index (χ4v) is 6.29. The van der Waals surface area contributed by atoms with Gasteiger partial charge in [-0.3, -0.25) is 14.2 Å². The highest BCUT2D eigenvalue weighted by Crippen LogP contribution is 2.29. The number of hydrogen-bond acceptors (Lipinski definition) is 7. The number of carbonyl (C=O) groups excluding carboxylic acids is 2. The van der Waals surface area contributed by atoms with E-state index < -0.39 is 12.0 Å². The topological polar surface area (TPSA) is 106 Å². The predicted octanol–water partition coefficient (Wildman–Crippen LogP) is 4.54. The Labute approximate surface area is 227 Å². The summed E-state index contributed by atoms with van der Waals surface area (Å²) in [4.78, 5) is 48.8. The number of carbonyl (C=O) groups is 2. The normalized spacial score (nSPS) is 12.1. The molecule has 0 aliphatic carbocycles. The molecule has 0 aliphatic heterocycles. The Morgan fingerprint density at radius 2 is 1.87 bits per heavy atom. The minimum Gasteiger partial charge on any atom is -0.467 e. The van der Waals surface area contributed by atoms with Crippen molar-refractivity contribution in [2.45, 2.75) is 31.5 Å². The van der Waals surface area contributed by atoms with Crippen LogP contribution in [-0.2, 0) is 20.7 Å². The number of H-pyrrole nitrogens is 1. The number of aryl methyl sites for hydroxylation is 2. The molecule has 0 spiro atoms. The number of nitrogens with one attached hydrogen (secondary N) is 2. The molecule has 3 aromatic heterocycles. The van der Waals surface area contributed by atoms with E-state index in [1.165, 1.54) is 18.4 Å². The third-order valence-corrected chi connectivity index (χ3v) is 8.48. The first-order chi connectivity index (χ1) is 18.4. The second-order valence-corrected chi connectivity index (χ2v) is 11.0. The fourth-order valence-electron chi connectivity index (χ4n) is 4.40. The summed E-state index contributed by atoms with van der Waals surface area (Å²) >= 11 is 2.62. The molecule has 0 fully saturated rings. The van der Waals surface area contributed by atoms with Gasteiger partial charge < -0.3 is 15.0 Å². The third kappa shape index (κ3) is 4.97. The lowest BCUT2D eigenvalue weighted by atomic mass is 10.0. The molecule has 5 aromatic rings. The lowest BCUT2D eigenvalue weighted by Crippen LogP contribution is -2.43. The molecule has 0 aliphatic rings. The van der Waals surface area contributed by atoms with Crippen molar-refractivity contribution in [3.63, 3.8) is 0 Å². The number of fused-ring (bicyclic) bond motifs is 2. The third-order valence-electron chi connectivity index (χ3n) is 6.44. The lowest BCUT2D eigenvalue weighted by molar-refractivity contribution is -0.144. The molecule has 1 atom stereocenters. The minimum absolute atomic E-state index is 0.0322. The molecule has 38 heavy (non-hydrogen) atoms. The smallest absolute Gasteiger partial charge is 0.328 e. The molecule has 0 radical (unpaired) electrons. The number of benzene rings is 2. The number of thioether (sulfide) groups is 1. The predicted molar refractivity (Wildman–Crippen MR) is 151 cm³/mol. The van der Waals surface area contributed by atoms with Crippen molar-refractivity contribution in [3.8, 4) is 5.69 Å². The highest BCUT2D eigenvalue weighted by Gasteiger charge is 2.24.